The van der Waals surface area contributed by atoms with Crippen LogP contribution >= 0.6 is 0 Å². The van der Waals surface area contributed by atoms with E-state index in [9.17, 15) is 18.0 Å². The Kier molecular flexibility index (Phi) is 6.90. The number of rotatable bonds is 7. The van der Waals surface area contributed by atoms with Crippen molar-refractivity contribution in [1.82, 2.24) is 4.72 Å². The maximum atomic E-state index is 13.1. The first-order chi connectivity index (χ1) is 15.0. The average Bonchev–Trinajstić information content (AvgIpc) is 3.07. The standard InChI is InChI=1S/C23H29N3O5S/c1-14(2)22(23(28)24-18-7-6-8-19(13-18)31-5)25-32(29,30)20-9-10-21-17(12-20)11-15(3)26(21)16(4)27/h6-10,12-15,22,25H,11H2,1-5H3,(H,24,28)/t15-,22+/m1/s1. The molecular formula is C23H29N3O5S. The molecule has 2 N–H and O–H groups in total. The lowest BCUT2D eigenvalue weighted by Gasteiger charge is -2.22. The molecule has 8 nitrogen and oxygen atoms in total. The number of carbonyl (C=O) groups is 2. The van der Waals surface area contributed by atoms with Crippen molar-refractivity contribution >= 4 is 33.2 Å². The van der Waals surface area contributed by atoms with Gasteiger partial charge in [0.1, 0.15) is 11.8 Å². The van der Waals surface area contributed by atoms with Crippen molar-refractivity contribution in [2.24, 2.45) is 5.92 Å². The molecular weight excluding hydrogens is 430 g/mol. The number of ether oxygens (including phenoxy) is 1. The van der Waals surface area contributed by atoms with Crippen LogP contribution in [0.25, 0.3) is 0 Å². The van der Waals surface area contributed by atoms with Gasteiger partial charge in [-0.1, -0.05) is 19.9 Å². The highest BCUT2D eigenvalue weighted by Gasteiger charge is 2.32. The fraction of sp³-hybridized carbons (Fsp3) is 0.391. The van der Waals surface area contributed by atoms with Crippen molar-refractivity contribution in [3.05, 3.63) is 48.0 Å². The minimum atomic E-state index is -3.97. The zero-order valence-corrected chi connectivity index (χ0v) is 19.7. The van der Waals surface area contributed by atoms with Gasteiger partial charge in [0.2, 0.25) is 21.8 Å². The van der Waals surface area contributed by atoms with Gasteiger partial charge in [0.05, 0.1) is 12.0 Å². The molecule has 1 aliphatic rings. The largest absolute Gasteiger partial charge is 0.497 e. The van der Waals surface area contributed by atoms with Crippen LogP contribution in [0.1, 0.15) is 33.3 Å². The summed E-state index contributed by atoms with van der Waals surface area (Å²) < 4.78 is 33.9. The number of amides is 2. The number of nitrogens with zero attached hydrogens (tertiary/aromatic N) is 1. The summed E-state index contributed by atoms with van der Waals surface area (Å²) in [6.45, 7) is 6.96. The van der Waals surface area contributed by atoms with Crippen LogP contribution in [0.5, 0.6) is 5.75 Å². The van der Waals surface area contributed by atoms with Gasteiger partial charge in [0.25, 0.3) is 0 Å². The third kappa shape index (κ3) is 4.94. The van der Waals surface area contributed by atoms with Crippen LogP contribution in [0.15, 0.2) is 47.4 Å². The second-order valence-electron chi connectivity index (χ2n) is 8.30. The van der Waals surface area contributed by atoms with Crippen molar-refractivity contribution in [2.45, 2.75) is 51.1 Å². The molecule has 2 amide bonds. The monoisotopic (exact) mass is 459 g/mol. The summed E-state index contributed by atoms with van der Waals surface area (Å²) in [4.78, 5) is 26.5. The molecule has 2 atom stereocenters. The van der Waals surface area contributed by atoms with E-state index < -0.39 is 22.0 Å². The van der Waals surface area contributed by atoms with E-state index in [0.29, 0.717) is 17.9 Å². The molecule has 1 aliphatic heterocycles. The fourth-order valence-electron chi connectivity index (χ4n) is 3.90. The zero-order chi connectivity index (χ0) is 23.6. The first-order valence-electron chi connectivity index (χ1n) is 10.4. The van der Waals surface area contributed by atoms with Crippen molar-refractivity contribution in [1.29, 1.82) is 0 Å². The smallest absolute Gasteiger partial charge is 0.242 e. The van der Waals surface area contributed by atoms with Crippen LogP contribution < -0.4 is 19.7 Å². The first kappa shape index (κ1) is 23.7. The molecule has 0 bridgehead atoms. The summed E-state index contributed by atoms with van der Waals surface area (Å²) in [6, 6.07) is 10.5. The van der Waals surface area contributed by atoms with Crippen molar-refractivity contribution in [3.8, 4) is 5.75 Å². The molecule has 0 saturated heterocycles. The van der Waals surface area contributed by atoms with Crippen LogP contribution in [0.2, 0.25) is 0 Å². The summed E-state index contributed by atoms with van der Waals surface area (Å²) in [5.41, 5.74) is 2.02. The van der Waals surface area contributed by atoms with E-state index in [-0.39, 0.29) is 22.8 Å². The van der Waals surface area contributed by atoms with Gasteiger partial charge in [-0.05, 0) is 55.2 Å². The lowest BCUT2D eigenvalue weighted by Crippen LogP contribution is -2.47. The second-order valence-corrected chi connectivity index (χ2v) is 10.0. The Morgan fingerprint density at radius 2 is 1.88 bits per heavy atom. The number of benzene rings is 2. The SMILES string of the molecule is COc1cccc(NC(=O)[C@@H](NS(=O)(=O)c2ccc3c(c2)C[C@@H](C)N3C(C)=O)C(C)C)c1. The molecule has 0 unspecified atom stereocenters. The molecule has 1 heterocycles. The van der Waals surface area contributed by atoms with Gasteiger partial charge in [-0.3, -0.25) is 9.59 Å². The molecule has 0 aromatic heterocycles. The Morgan fingerprint density at radius 3 is 2.50 bits per heavy atom. The number of nitrogens with one attached hydrogen (secondary N) is 2. The van der Waals surface area contributed by atoms with Crippen LogP contribution in [0.3, 0.4) is 0 Å². The summed E-state index contributed by atoms with van der Waals surface area (Å²) in [5.74, 6) is -0.261. The topological polar surface area (TPSA) is 105 Å². The summed E-state index contributed by atoms with van der Waals surface area (Å²) in [7, 11) is -2.44. The third-order valence-corrected chi connectivity index (χ3v) is 6.92. The van der Waals surface area contributed by atoms with Crippen molar-refractivity contribution in [2.75, 3.05) is 17.3 Å². The molecule has 9 heteroatoms. The number of carbonyl (C=O) groups excluding carboxylic acids is 2. The first-order valence-corrected chi connectivity index (χ1v) is 11.9. The number of hydrogen-bond acceptors (Lipinski definition) is 5. The van der Waals surface area contributed by atoms with Crippen molar-refractivity contribution < 1.29 is 22.7 Å². The van der Waals surface area contributed by atoms with Gasteiger partial charge < -0.3 is 15.0 Å². The van der Waals surface area contributed by atoms with Gasteiger partial charge in [0.15, 0.2) is 0 Å². The van der Waals surface area contributed by atoms with Gasteiger partial charge in [-0.25, -0.2) is 8.42 Å². The predicted molar refractivity (Wildman–Crippen MR) is 123 cm³/mol. The molecule has 172 valence electrons. The summed E-state index contributed by atoms with van der Waals surface area (Å²) >= 11 is 0. The highest BCUT2D eigenvalue weighted by Crippen LogP contribution is 2.34. The van der Waals surface area contributed by atoms with Crippen molar-refractivity contribution in [3.63, 3.8) is 0 Å². The lowest BCUT2D eigenvalue weighted by atomic mass is 10.0. The number of methoxy groups -OCH3 is 1. The van der Waals surface area contributed by atoms with E-state index in [1.165, 1.54) is 20.1 Å². The molecule has 3 rings (SSSR count). The van der Waals surface area contributed by atoms with E-state index in [0.717, 1.165) is 11.3 Å². The van der Waals surface area contributed by atoms with E-state index >= 15 is 0 Å². The van der Waals surface area contributed by atoms with Gasteiger partial charge in [-0.2, -0.15) is 4.72 Å². The molecule has 0 aliphatic carbocycles. The van der Waals surface area contributed by atoms with Crippen LogP contribution in [0.4, 0.5) is 11.4 Å². The second kappa shape index (κ2) is 9.30. The highest BCUT2D eigenvalue weighted by molar-refractivity contribution is 7.89. The maximum absolute atomic E-state index is 13.1. The quantitative estimate of drug-likeness (QED) is 0.662. The molecule has 32 heavy (non-hydrogen) atoms. The highest BCUT2D eigenvalue weighted by atomic mass is 32.2. The summed E-state index contributed by atoms with van der Waals surface area (Å²) in [5, 5.41) is 2.75. The van der Waals surface area contributed by atoms with Gasteiger partial charge in [0, 0.05) is 30.4 Å². The number of anilines is 2. The maximum Gasteiger partial charge on any atom is 0.242 e. The molecule has 0 radical (unpaired) electrons. The third-order valence-electron chi connectivity index (χ3n) is 5.48. The Hall–Kier alpha value is -2.91. The van der Waals surface area contributed by atoms with E-state index in [2.05, 4.69) is 10.0 Å². The minimum absolute atomic E-state index is 0.0366. The average molecular weight is 460 g/mol. The number of fused-ring (bicyclic) bond motifs is 1. The van der Waals surface area contributed by atoms with Crippen LogP contribution in [0, 0.1) is 5.92 Å². The Morgan fingerprint density at radius 1 is 1.16 bits per heavy atom. The predicted octanol–water partition coefficient (Wildman–Crippen LogP) is 2.93. The Balaban J connectivity index is 1.82. The van der Waals surface area contributed by atoms with E-state index in [4.69, 9.17) is 4.74 Å². The molecule has 0 fully saturated rings. The molecule has 2 aromatic carbocycles. The normalized spacial score (nSPS) is 16.6. The van der Waals surface area contributed by atoms with Gasteiger partial charge >= 0.3 is 0 Å². The lowest BCUT2D eigenvalue weighted by molar-refractivity contribution is -0.118. The molecule has 0 spiro atoms. The summed E-state index contributed by atoms with van der Waals surface area (Å²) in [6.07, 6.45) is 0.572. The molecule has 0 saturated carbocycles. The van der Waals surface area contributed by atoms with Crippen LogP contribution in [-0.4, -0.2) is 39.4 Å². The van der Waals surface area contributed by atoms with E-state index in [1.54, 1.807) is 55.1 Å². The van der Waals surface area contributed by atoms with E-state index in [1.807, 2.05) is 6.92 Å². The van der Waals surface area contributed by atoms with Gasteiger partial charge in [-0.15, -0.1) is 0 Å². The molecule has 2 aromatic rings. The number of hydrogen-bond donors (Lipinski definition) is 2. The fourth-order valence-corrected chi connectivity index (χ4v) is 5.30. The Bertz CT molecular complexity index is 1130. The zero-order valence-electron chi connectivity index (χ0n) is 18.9. The Labute approximate surface area is 189 Å². The number of sulfonamides is 1. The van der Waals surface area contributed by atoms with Crippen LogP contribution in [-0.2, 0) is 26.0 Å². The minimum Gasteiger partial charge on any atom is -0.497 e.